The maximum Gasteiger partial charge on any atom is 0.119 e. The third-order valence-electron chi connectivity index (χ3n) is 6.75. The second-order valence-corrected chi connectivity index (χ2v) is 8.73. The van der Waals surface area contributed by atoms with Crippen molar-refractivity contribution in [3.05, 3.63) is 109 Å². The van der Waals surface area contributed by atoms with Gasteiger partial charge in [0.25, 0.3) is 0 Å². The summed E-state index contributed by atoms with van der Waals surface area (Å²) in [5.74, 6) is 1.57. The number of benzene rings is 4. The quantitative estimate of drug-likeness (QED) is 0.257. The molecule has 0 saturated heterocycles. The number of ether oxygens (including phenoxy) is 2. The van der Waals surface area contributed by atoms with Gasteiger partial charge < -0.3 is 14.0 Å². The molecule has 6 rings (SSSR count). The zero-order valence-electron chi connectivity index (χ0n) is 20.5. The molecule has 2 aromatic heterocycles. The molecule has 0 aliphatic carbocycles. The van der Waals surface area contributed by atoms with Gasteiger partial charge >= 0.3 is 0 Å². The average Bonchev–Trinajstić information content (AvgIpc) is 3.30. The number of fused-ring (bicyclic) bond motifs is 3. The Balaban J connectivity index is 1.77. The normalized spacial score (nSPS) is 10.9. The number of hydrogen-bond donors (Lipinski definition) is 0. The Hall–Kier alpha value is -5.08. The molecule has 4 aromatic carbocycles. The van der Waals surface area contributed by atoms with Crippen LogP contribution in [0, 0.1) is 11.3 Å². The first-order valence-electron chi connectivity index (χ1n) is 11.9. The summed E-state index contributed by atoms with van der Waals surface area (Å²) in [6.07, 6.45) is 3.50. The van der Waals surface area contributed by atoms with Gasteiger partial charge in [-0.3, -0.25) is 4.98 Å². The van der Waals surface area contributed by atoms with Crippen LogP contribution in [0.5, 0.6) is 11.5 Å². The topological polar surface area (TPSA) is 60.1 Å². The third-order valence-corrected chi connectivity index (χ3v) is 6.75. The number of rotatable bonds is 5. The van der Waals surface area contributed by atoms with Crippen LogP contribution < -0.4 is 9.47 Å². The van der Waals surface area contributed by atoms with Crippen LogP contribution >= 0.6 is 0 Å². The predicted octanol–water partition coefficient (Wildman–Crippen LogP) is 7.40. The number of hydrogen-bond acceptors (Lipinski definition) is 4. The fourth-order valence-electron chi connectivity index (χ4n) is 4.98. The monoisotopic (exact) mass is 481 g/mol. The molecule has 0 N–H and O–H groups in total. The Bertz CT molecular complexity index is 1740. The Labute approximate surface area is 214 Å². The van der Waals surface area contributed by atoms with E-state index in [0.717, 1.165) is 61.2 Å². The van der Waals surface area contributed by atoms with Gasteiger partial charge in [-0.1, -0.05) is 30.3 Å². The van der Waals surface area contributed by atoms with E-state index in [1.54, 1.807) is 26.6 Å². The van der Waals surface area contributed by atoms with E-state index in [9.17, 15) is 5.26 Å². The van der Waals surface area contributed by atoms with Crippen molar-refractivity contribution in [1.29, 1.82) is 5.26 Å². The van der Waals surface area contributed by atoms with E-state index in [2.05, 4.69) is 58.1 Å². The zero-order valence-corrected chi connectivity index (χ0v) is 20.5. The van der Waals surface area contributed by atoms with Crippen LogP contribution in [0.1, 0.15) is 5.56 Å². The van der Waals surface area contributed by atoms with Crippen molar-refractivity contribution in [1.82, 2.24) is 9.55 Å². The maximum absolute atomic E-state index is 10.1. The van der Waals surface area contributed by atoms with Gasteiger partial charge in [-0.15, -0.1) is 0 Å². The summed E-state index contributed by atoms with van der Waals surface area (Å²) in [7, 11) is 3.35. The third kappa shape index (κ3) is 3.76. The highest BCUT2D eigenvalue weighted by molar-refractivity contribution is 6.11. The summed E-state index contributed by atoms with van der Waals surface area (Å²) in [6, 6.07) is 32.8. The number of nitrogens with zero attached hydrogens (tertiary/aromatic N) is 3. The molecular weight excluding hydrogens is 458 g/mol. The van der Waals surface area contributed by atoms with Crippen molar-refractivity contribution in [3.8, 4) is 45.5 Å². The van der Waals surface area contributed by atoms with Crippen LogP contribution in [0.15, 0.2) is 103 Å². The second kappa shape index (κ2) is 9.18. The minimum Gasteiger partial charge on any atom is -0.497 e. The summed E-state index contributed by atoms with van der Waals surface area (Å²) < 4.78 is 13.4. The first-order valence-corrected chi connectivity index (χ1v) is 11.9. The minimum atomic E-state index is 0.609. The SMILES string of the molecule is COc1ccc2c(c1)c1cc(OC)ccc1n2-c1cc(-c2ccncc2)c(C#N)cc1-c1ccccc1. The highest BCUT2D eigenvalue weighted by atomic mass is 16.5. The minimum absolute atomic E-state index is 0.609. The van der Waals surface area contributed by atoms with Gasteiger partial charge in [0.1, 0.15) is 11.5 Å². The van der Waals surface area contributed by atoms with Gasteiger partial charge in [0.05, 0.1) is 42.6 Å². The van der Waals surface area contributed by atoms with Crippen molar-refractivity contribution < 1.29 is 9.47 Å². The Kier molecular flexibility index (Phi) is 5.55. The van der Waals surface area contributed by atoms with Gasteiger partial charge in [0.15, 0.2) is 0 Å². The molecule has 5 heteroatoms. The fourth-order valence-corrected chi connectivity index (χ4v) is 4.98. The largest absolute Gasteiger partial charge is 0.497 e. The molecule has 6 aromatic rings. The van der Waals surface area contributed by atoms with Crippen molar-refractivity contribution in [3.63, 3.8) is 0 Å². The molecule has 0 saturated carbocycles. The fraction of sp³-hybridized carbons (Fsp3) is 0.0625. The molecule has 37 heavy (non-hydrogen) atoms. The van der Waals surface area contributed by atoms with E-state index in [1.807, 2.05) is 48.5 Å². The molecule has 0 bridgehead atoms. The molecule has 0 spiro atoms. The molecule has 0 atom stereocenters. The van der Waals surface area contributed by atoms with Gasteiger partial charge in [-0.2, -0.15) is 5.26 Å². The molecule has 178 valence electrons. The summed E-state index contributed by atoms with van der Waals surface area (Å²) in [4.78, 5) is 4.17. The highest BCUT2D eigenvalue weighted by Gasteiger charge is 2.20. The number of pyridine rings is 1. The first kappa shape index (κ1) is 22.4. The van der Waals surface area contributed by atoms with Gasteiger partial charge in [0.2, 0.25) is 0 Å². The molecule has 0 aliphatic heterocycles. The summed E-state index contributed by atoms with van der Waals surface area (Å²) in [5.41, 5.74) is 7.46. The maximum atomic E-state index is 10.1. The molecule has 0 amide bonds. The lowest BCUT2D eigenvalue weighted by atomic mass is 9.94. The predicted molar refractivity (Wildman–Crippen MR) is 147 cm³/mol. The van der Waals surface area contributed by atoms with E-state index in [0.29, 0.717) is 5.56 Å². The van der Waals surface area contributed by atoms with E-state index < -0.39 is 0 Å². The smallest absolute Gasteiger partial charge is 0.119 e. The molecule has 2 heterocycles. The van der Waals surface area contributed by atoms with Crippen LogP contribution in [-0.2, 0) is 0 Å². The summed E-state index contributed by atoms with van der Waals surface area (Å²) >= 11 is 0. The van der Waals surface area contributed by atoms with Crippen LogP contribution in [-0.4, -0.2) is 23.8 Å². The van der Waals surface area contributed by atoms with Crippen LogP contribution in [0.2, 0.25) is 0 Å². The van der Waals surface area contributed by atoms with E-state index >= 15 is 0 Å². The summed E-state index contributed by atoms with van der Waals surface area (Å²) in [6.45, 7) is 0. The van der Waals surface area contributed by atoms with E-state index in [1.165, 1.54) is 0 Å². The van der Waals surface area contributed by atoms with Crippen molar-refractivity contribution in [2.75, 3.05) is 14.2 Å². The Morgan fingerprint density at radius 1 is 0.676 bits per heavy atom. The number of aromatic nitrogens is 2. The average molecular weight is 482 g/mol. The number of nitriles is 1. The second-order valence-electron chi connectivity index (χ2n) is 8.73. The van der Waals surface area contributed by atoms with Crippen molar-refractivity contribution in [2.45, 2.75) is 0 Å². The van der Waals surface area contributed by atoms with Crippen LogP contribution in [0.25, 0.3) is 49.7 Å². The number of methoxy groups -OCH3 is 2. The Morgan fingerprint density at radius 3 is 1.84 bits per heavy atom. The molecular formula is C32H23N3O2. The molecule has 0 unspecified atom stereocenters. The lowest BCUT2D eigenvalue weighted by Crippen LogP contribution is -2.00. The van der Waals surface area contributed by atoms with E-state index in [-0.39, 0.29) is 0 Å². The lowest BCUT2D eigenvalue weighted by molar-refractivity contribution is 0.415. The lowest BCUT2D eigenvalue weighted by Gasteiger charge is -2.17. The first-order chi connectivity index (χ1) is 18.2. The highest BCUT2D eigenvalue weighted by Crippen LogP contribution is 2.41. The molecule has 0 radical (unpaired) electrons. The van der Waals surface area contributed by atoms with Gasteiger partial charge in [-0.25, -0.2) is 0 Å². The standard InChI is InChI=1S/C32H23N3O2/c1-36-24-8-10-30-28(17-24)29-18-25(37-2)9-11-31(29)35(30)32-19-26(22-12-14-34-15-13-22)23(20-33)16-27(32)21-6-4-3-5-7-21/h3-19H,1-2H3. The molecule has 0 fully saturated rings. The zero-order chi connectivity index (χ0) is 25.4. The van der Waals surface area contributed by atoms with Gasteiger partial charge in [0, 0.05) is 34.3 Å². The van der Waals surface area contributed by atoms with Crippen molar-refractivity contribution >= 4 is 21.8 Å². The van der Waals surface area contributed by atoms with Crippen LogP contribution in [0.4, 0.5) is 0 Å². The van der Waals surface area contributed by atoms with Crippen molar-refractivity contribution in [2.24, 2.45) is 0 Å². The molecule has 5 nitrogen and oxygen atoms in total. The van der Waals surface area contributed by atoms with Gasteiger partial charge in [-0.05, 0) is 71.8 Å². The Morgan fingerprint density at radius 2 is 1.27 bits per heavy atom. The summed E-state index contributed by atoms with van der Waals surface area (Å²) in [5, 5.41) is 12.2. The van der Waals surface area contributed by atoms with E-state index in [4.69, 9.17) is 9.47 Å². The van der Waals surface area contributed by atoms with Crippen LogP contribution in [0.3, 0.4) is 0 Å². The molecule has 0 aliphatic rings.